The molecule has 0 fully saturated rings. The van der Waals surface area contributed by atoms with Gasteiger partial charge in [0.25, 0.3) is 0 Å². The van der Waals surface area contributed by atoms with Crippen LogP contribution in [0.1, 0.15) is 32.1 Å². The molecular formula is C13H16AgF6O2-2. The summed E-state index contributed by atoms with van der Waals surface area (Å²) in [5.41, 5.74) is 0. The van der Waals surface area contributed by atoms with Crippen molar-refractivity contribution in [2.45, 2.75) is 56.7 Å². The molecule has 1 aliphatic rings. The Hall–Kier alpha value is -0.280. The van der Waals surface area contributed by atoms with Crippen molar-refractivity contribution in [3.05, 3.63) is 24.3 Å². The van der Waals surface area contributed by atoms with Crippen molar-refractivity contribution >= 4 is 0 Å². The second-order valence-electron chi connectivity index (χ2n) is 4.24. The Balaban J connectivity index is 0. The van der Waals surface area contributed by atoms with E-state index in [-0.39, 0.29) is 22.4 Å². The van der Waals surface area contributed by atoms with Gasteiger partial charge in [0.05, 0.1) is 0 Å². The van der Waals surface area contributed by atoms with Gasteiger partial charge < -0.3 is 22.4 Å². The summed E-state index contributed by atoms with van der Waals surface area (Å²) >= 11 is 0. The number of halogens is 6. The van der Waals surface area contributed by atoms with E-state index in [0.717, 1.165) is 25.7 Å². The molecule has 0 bridgehead atoms. The molecule has 0 saturated heterocycles. The van der Waals surface area contributed by atoms with Crippen molar-refractivity contribution in [2.75, 3.05) is 0 Å². The summed E-state index contributed by atoms with van der Waals surface area (Å²) in [5.74, 6) is 0. The average molecular weight is 426 g/mol. The summed E-state index contributed by atoms with van der Waals surface area (Å²) in [7, 11) is 0. The summed E-state index contributed by atoms with van der Waals surface area (Å²) in [6.07, 6.45) is -3.42. The van der Waals surface area contributed by atoms with Crippen molar-refractivity contribution in [3.8, 4) is 0 Å². The van der Waals surface area contributed by atoms with Gasteiger partial charge in [0.15, 0.2) is 12.2 Å². The van der Waals surface area contributed by atoms with E-state index in [4.69, 9.17) is 10.2 Å². The van der Waals surface area contributed by atoms with E-state index in [9.17, 15) is 26.3 Å². The Morgan fingerprint density at radius 2 is 1.14 bits per heavy atom. The zero-order valence-corrected chi connectivity index (χ0v) is 12.8. The first kappa shape index (κ1) is 24.0. The van der Waals surface area contributed by atoms with Crippen LogP contribution in [0.4, 0.5) is 26.3 Å². The van der Waals surface area contributed by atoms with Crippen LogP contribution < -0.4 is 0 Å². The van der Waals surface area contributed by atoms with Crippen LogP contribution >= 0.6 is 0 Å². The van der Waals surface area contributed by atoms with Crippen LogP contribution in [0.5, 0.6) is 0 Å². The largest absolute Gasteiger partial charge is 0.503 e. The zero-order valence-electron chi connectivity index (χ0n) is 11.3. The fraction of sp³-hybridized carbons (Fsp3) is 0.692. The first-order valence-corrected chi connectivity index (χ1v) is 6.15. The Kier molecular flexibility index (Phi) is 12.3. The van der Waals surface area contributed by atoms with E-state index in [1.165, 1.54) is 0 Å². The summed E-state index contributed by atoms with van der Waals surface area (Å²) in [6, 6.07) is 0. The number of alkyl halides is 6. The van der Waals surface area contributed by atoms with E-state index >= 15 is 0 Å². The number of allylic oxidation sites excluding steroid dienone is 4. The third kappa shape index (κ3) is 12.3. The van der Waals surface area contributed by atoms with Crippen molar-refractivity contribution < 1.29 is 58.9 Å². The Bertz CT molecular complexity index is 294. The van der Waals surface area contributed by atoms with Crippen LogP contribution in [0, 0.1) is 12.2 Å². The summed E-state index contributed by atoms with van der Waals surface area (Å²) in [6.45, 7) is 0. The minimum absolute atomic E-state index is 0. The van der Waals surface area contributed by atoms with Crippen molar-refractivity contribution in [3.63, 3.8) is 0 Å². The van der Waals surface area contributed by atoms with Crippen molar-refractivity contribution in [2.24, 2.45) is 0 Å². The summed E-state index contributed by atoms with van der Waals surface area (Å²) in [4.78, 5) is 0. The van der Waals surface area contributed by atoms with E-state index in [1.54, 1.807) is 0 Å². The van der Waals surface area contributed by atoms with Crippen LogP contribution in [-0.2, 0) is 22.4 Å². The smallest absolute Gasteiger partial charge is 0.414 e. The topological polar surface area (TPSA) is 40.5 Å². The van der Waals surface area contributed by atoms with Gasteiger partial charge in [0.1, 0.15) is 0 Å². The number of aliphatic hydroxyl groups is 2. The molecular weight excluding hydrogens is 410 g/mol. The molecule has 22 heavy (non-hydrogen) atoms. The maximum absolute atomic E-state index is 11.5. The first-order valence-electron chi connectivity index (χ1n) is 6.15. The van der Waals surface area contributed by atoms with Crippen LogP contribution in [0.15, 0.2) is 12.2 Å². The molecule has 2 N–H and O–H groups in total. The maximum atomic E-state index is 11.5. The molecule has 0 aliphatic heterocycles. The summed E-state index contributed by atoms with van der Waals surface area (Å²) < 4.78 is 68.8. The molecule has 0 aromatic carbocycles. The van der Waals surface area contributed by atoms with Crippen LogP contribution in [0.3, 0.4) is 0 Å². The van der Waals surface area contributed by atoms with E-state index in [0.29, 0.717) is 0 Å². The molecule has 2 nitrogen and oxygen atoms in total. The summed E-state index contributed by atoms with van der Waals surface area (Å²) in [5, 5.41) is 16.3. The molecule has 0 heterocycles. The Labute approximate surface area is 140 Å². The minimum atomic E-state index is -5.15. The minimum Gasteiger partial charge on any atom is -0.503 e. The van der Waals surface area contributed by atoms with Gasteiger partial charge in [0, 0.05) is 28.8 Å². The maximum Gasteiger partial charge on any atom is 0.414 e. The molecule has 0 amide bonds. The number of hydrogen-bond donors (Lipinski definition) is 2. The molecule has 135 valence electrons. The molecule has 0 aromatic heterocycles. The third-order valence-electron chi connectivity index (χ3n) is 2.36. The van der Waals surface area contributed by atoms with Gasteiger partial charge >= 0.3 is 12.4 Å². The predicted molar refractivity (Wildman–Crippen MR) is 62.8 cm³/mol. The SMILES string of the molecule is OC(CC(O)C(F)(F)F)C(F)(F)F.[Ag].[C-]1=CCCC=[C-]CC1. The molecule has 0 aromatic rings. The van der Waals surface area contributed by atoms with Gasteiger partial charge in [-0.3, -0.25) is 12.2 Å². The Morgan fingerprint density at radius 3 is 1.41 bits per heavy atom. The quantitative estimate of drug-likeness (QED) is 0.403. The van der Waals surface area contributed by atoms with Gasteiger partial charge in [0.2, 0.25) is 0 Å². The average Bonchev–Trinajstić information content (AvgIpc) is 2.25. The van der Waals surface area contributed by atoms with Crippen LogP contribution in [-0.4, -0.2) is 34.8 Å². The standard InChI is InChI=1S/C8H10.C5H6F6O2.Ag/c1-2-4-6-8-7-5-3-1;6-4(7,8)2(12)1-3(13)5(9,10)11;/h1,6H,2,4-5,7H2;2-3,12-13H,1H2;/q-2;;. The van der Waals surface area contributed by atoms with E-state index in [1.807, 2.05) is 0 Å². The second kappa shape index (κ2) is 11.3. The third-order valence-corrected chi connectivity index (χ3v) is 2.36. The fourth-order valence-electron chi connectivity index (χ4n) is 1.20. The monoisotopic (exact) mass is 425 g/mol. The van der Waals surface area contributed by atoms with E-state index in [2.05, 4.69) is 24.3 Å². The second-order valence-corrected chi connectivity index (χ2v) is 4.24. The van der Waals surface area contributed by atoms with Gasteiger partial charge in [-0.15, -0.1) is 0 Å². The normalized spacial score (nSPS) is 18.2. The molecule has 0 saturated carbocycles. The molecule has 2 atom stereocenters. The number of aliphatic hydroxyl groups excluding tert-OH is 2. The van der Waals surface area contributed by atoms with Gasteiger partial charge in [-0.2, -0.15) is 26.3 Å². The molecule has 0 spiro atoms. The molecule has 1 rings (SSSR count). The molecule has 9 heteroatoms. The van der Waals surface area contributed by atoms with Gasteiger partial charge in [-0.25, -0.2) is 12.8 Å². The Morgan fingerprint density at radius 1 is 0.818 bits per heavy atom. The first-order chi connectivity index (χ1) is 9.55. The van der Waals surface area contributed by atoms with Crippen molar-refractivity contribution in [1.29, 1.82) is 0 Å². The molecule has 1 radical (unpaired) electrons. The van der Waals surface area contributed by atoms with Crippen LogP contribution in [0.25, 0.3) is 0 Å². The number of rotatable bonds is 2. The van der Waals surface area contributed by atoms with Gasteiger partial charge in [-0.1, -0.05) is 12.8 Å². The molecule has 1 aliphatic carbocycles. The van der Waals surface area contributed by atoms with Gasteiger partial charge in [-0.05, 0) is 0 Å². The zero-order chi connectivity index (χ0) is 16.5. The van der Waals surface area contributed by atoms with E-state index < -0.39 is 31.0 Å². The predicted octanol–water partition coefficient (Wildman–Crippen LogP) is 3.50. The van der Waals surface area contributed by atoms with Crippen LogP contribution in [0.2, 0.25) is 0 Å². The fourth-order valence-corrected chi connectivity index (χ4v) is 1.20. The molecule has 2 unspecified atom stereocenters. The number of hydrogen-bond acceptors (Lipinski definition) is 2. The van der Waals surface area contributed by atoms with Crippen molar-refractivity contribution in [1.82, 2.24) is 0 Å².